The van der Waals surface area contributed by atoms with E-state index >= 15 is 0 Å². The maximum atomic E-state index is 11.0. The van der Waals surface area contributed by atoms with Crippen molar-refractivity contribution in [3.63, 3.8) is 0 Å². The Labute approximate surface area is 138 Å². The highest BCUT2D eigenvalue weighted by atomic mass is 32.2. The van der Waals surface area contributed by atoms with Crippen LogP contribution in [0.25, 0.3) is 0 Å². The zero-order valence-electron chi connectivity index (χ0n) is 14.0. The molecule has 0 saturated heterocycles. The average Bonchev–Trinajstić information content (AvgIpc) is 2.50. The summed E-state index contributed by atoms with van der Waals surface area (Å²) in [6.45, 7) is 8.17. The van der Waals surface area contributed by atoms with Crippen molar-refractivity contribution in [3.05, 3.63) is 12.7 Å². The van der Waals surface area contributed by atoms with Gasteiger partial charge in [-0.1, -0.05) is 39.7 Å². The first-order valence-corrected chi connectivity index (χ1v) is 9.12. The second-order valence-corrected chi connectivity index (χ2v) is 6.03. The quantitative estimate of drug-likeness (QED) is 0.475. The number of unbranched alkanes of at least 4 members (excludes halogenated alkanes) is 1. The molecule has 0 aromatic rings. The Morgan fingerprint density at radius 1 is 1.27 bits per heavy atom. The molecule has 0 aliphatic rings. The van der Waals surface area contributed by atoms with Crippen molar-refractivity contribution in [3.8, 4) is 0 Å². The zero-order chi connectivity index (χ0) is 17.4. The van der Waals surface area contributed by atoms with Crippen LogP contribution in [-0.4, -0.2) is 46.7 Å². The lowest BCUT2D eigenvalue weighted by atomic mass is 9.99. The number of hydrogen-bond acceptors (Lipinski definition) is 4. The summed E-state index contributed by atoms with van der Waals surface area (Å²) in [5, 5.41) is 19.9. The minimum atomic E-state index is -0.981. The molecule has 0 aromatic heterocycles. The summed E-state index contributed by atoms with van der Waals surface area (Å²) in [6.07, 6.45) is 8.33. The summed E-state index contributed by atoms with van der Waals surface area (Å²) in [4.78, 5) is 20.3. The van der Waals surface area contributed by atoms with Gasteiger partial charge in [-0.15, -0.1) is 0 Å². The van der Waals surface area contributed by atoms with Crippen molar-refractivity contribution in [2.24, 2.45) is 5.92 Å². The lowest BCUT2D eigenvalue weighted by Crippen LogP contribution is -2.39. The smallest absolute Gasteiger partial charge is 0.327 e. The van der Waals surface area contributed by atoms with Crippen LogP contribution in [0.1, 0.15) is 46.0 Å². The number of hydrogen-bond donors (Lipinski definition) is 3. The fraction of sp³-hybridized carbons (Fsp3) is 0.750. The van der Waals surface area contributed by atoms with Crippen LogP contribution in [-0.2, 0) is 9.59 Å². The van der Waals surface area contributed by atoms with Gasteiger partial charge in [0, 0.05) is 6.08 Å². The van der Waals surface area contributed by atoms with E-state index in [1.165, 1.54) is 19.3 Å². The summed E-state index contributed by atoms with van der Waals surface area (Å²) in [5.74, 6) is -0.184. The van der Waals surface area contributed by atoms with Crippen LogP contribution in [0.3, 0.4) is 0 Å². The molecule has 0 radical (unpaired) electrons. The van der Waals surface area contributed by atoms with Crippen molar-refractivity contribution in [1.82, 2.24) is 5.32 Å². The summed E-state index contributed by atoms with van der Waals surface area (Å²) in [7, 11) is 0. The van der Waals surface area contributed by atoms with Crippen LogP contribution in [0.4, 0.5) is 0 Å². The van der Waals surface area contributed by atoms with Crippen LogP contribution in [0.5, 0.6) is 0 Å². The highest BCUT2D eigenvalue weighted by Crippen LogP contribution is 2.12. The van der Waals surface area contributed by atoms with E-state index < -0.39 is 11.9 Å². The molecular weight excluding hydrogens is 302 g/mol. The Morgan fingerprint density at radius 3 is 2.23 bits per heavy atom. The van der Waals surface area contributed by atoms with Crippen LogP contribution < -0.4 is 5.32 Å². The topological polar surface area (TPSA) is 86.6 Å². The molecule has 0 rings (SSSR count). The molecule has 0 aliphatic carbocycles. The molecule has 1 unspecified atom stereocenters. The lowest BCUT2D eigenvalue weighted by Gasteiger charge is -2.19. The van der Waals surface area contributed by atoms with Crippen molar-refractivity contribution < 1.29 is 19.8 Å². The molecule has 0 fully saturated rings. The molecule has 0 saturated carbocycles. The normalized spacial score (nSPS) is 12.7. The van der Waals surface area contributed by atoms with Gasteiger partial charge in [-0.2, -0.15) is 11.8 Å². The van der Waals surface area contributed by atoms with Crippen LogP contribution in [0, 0.1) is 5.92 Å². The predicted octanol–water partition coefficient (Wildman–Crippen LogP) is 3.26. The van der Waals surface area contributed by atoms with E-state index in [9.17, 15) is 9.59 Å². The third-order valence-electron chi connectivity index (χ3n) is 3.28. The Morgan fingerprint density at radius 2 is 1.86 bits per heavy atom. The number of rotatable bonds is 12. The third-order valence-corrected chi connectivity index (χ3v) is 3.92. The monoisotopic (exact) mass is 333 g/mol. The molecule has 6 heteroatoms. The molecule has 0 aliphatic heterocycles. The Hall–Kier alpha value is -1.01. The highest BCUT2D eigenvalue weighted by Gasteiger charge is 2.17. The van der Waals surface area contributed by atoms with Gasteiger partial charge in [-0.05, 0) is 37.3 Å². The molecule has 22 heavy (non-hydrogen) atoms. The van der Waals surface area contributed by atoms with Crippen molar-refractivity contribution in [2.45, 2.75) is 52.0 Å². The van der Waals surface area contributed by atoms with E-state index in [2.05, 4.69) is 25.7 Å². The molecule has 0 aromatic carbocycles. The number of carbonyl (C=O) groups is 2. The zero-order valence-corrected chi connectivity index (χ0v) is 14.8. The molecule has 0 spiro atoms. The third kappa shape index (κ3) is 15.4. The number of nitrogens with one attached hydrogen (secondary N) is 1. The second-order valence-electron chi connectivity index (χ2n) is 5.04. The molecule has 0 bridgehead atoms. The Kier molecular flexibility index (Phi) is 17.3. The van der Waals surface area contributed by atoms with Crippen LogP contribution >= 0.6 is 11.8 Å². The van der Waals surface area contributed by atoms with E-state index in [0.29, 0.717) is 12.3 Å². The van der Waals surface area contributed by atoms with Crippen molar-refractivity contribution in [2.75, 3.05) is 18.6 Å². The molecule has 3 N–H and O–H groups in total. The molecule has 0 amide bonds. The van der Waals surface area contributed by atoms with Crippen LogP contribution in [0.15, 0.2) is 12.7 Å². The summed E-state index contributed by atoms with van der Waals surface area (Å²) in [6, 6.07) is -0.377. The number of carboxylic acid groups (broad SMARTS) is 2. The largest absolute Gasteiger partial charge is 0.480 e. The molecule has 0 heterocycles. The van der Waals surface area contributed by atoms with E-state index in [0.717, 1.165) is 24.8 Å². The van der Waals surface area contributed by atoms with Gasteiger partial charge >= 0.3 is 11.9 Å². The van der Waals surface area contributed by atoms with Crippen molar-refractivity contribution in [1.29, 1.82) is 0 Å². The lowest BCUT2D eigenvalue weighted by molar-refractivity contribution is -0.139. The molecule has 5 nitrogen and oxygen atoms in total. The number of carboxylic acids is 2. The van der Waals surface area contributed by atoms with Gasteiger partial charge in [0.1, 0.15) is 6.04 Å². The fourth-order valence-electron chi connectivity index (χ4n) is 1.80. The molecule has 2 atom stereocenters. The second kappa shape index (κ2) is 16.4. The minimum Gasteiger partial charge on any atom is -0.480 e. The predicted molar refractivity (Wildman–Crippen MR) is 93.6 cm³/mol. The van der Waals surface area contributed by atoms with E-state index in [4.69, 9.17) is 10.2 Å². The van der Waals surface area contributed by atoms with Gasteiger partial charge in [-0.3, -0.25) is 4.79 Å². The van der Waals surface area contributed by atoms with E-state index in [-0.39, 0.29) is 6.04 Å². The average molecular weight is 333 g/mol. The minimum absolute atomic E-state index is 0.377. The Bertz CT molecular complexity index is 311. The maximum absolute atomic E-state index is 11.0. The van der Waals surface area contributed by atoms with E-state index in [1.807, 2.05) is 6.26 Å². The molecular formula is C16H31NO4S. The first-order valence-electron chi connectivity index (χ1n) is 7.73. The van der Waals surface area contributed by atoms with Gasteiger partial charge in [0.2, 0.25) is 0 Å². The highest BCUT2D eigenvalue weighted by molar-refractivity contribution is 7.98. The summed E-state index contributed by atoms with van der Waals surface area (Å²) in [5.41, 5.74) is 0. The fourth-order valence-corrected chi connectivity index (χ4v) is 2.27. The van der Waals surface area contributed by atoms with Crippen molar-refractivity contribution >= 4 is 23.7 Å². The first kappa shape index (κ1) is 23.3. The number of thioether (sulfide) groups is 1. The van der Waals surface area contributed by atoms with Gasteiger partial charge in [0.05, 0.1) is 0 Å². The van der Waals surface area contributed by atoms with Crippen LogP contribution in [0.2, 0.25) is 0 Å². The first-order chi connectivity index (χ1) is 10.4. The summed E-state index contributed by atoms with van der Waals surface area (Å²) < 4.78 is 0. The van der Waals surface area contributed by atoms with Gasteiger partial charge in [0.15, 0.2) is 0 Å². The molecule has 130 valence electrons. The van der Waals surface area contributed by atoms with E-state index in [1.54, 1.807) is 11.8 Å². The maximum Gasteiger partial charge on any atom is 0.327 e. The standard InChI is InChI=1S/C13H27NO2S.C3H4O2/c1-4-6-7-11(5-2)10-14-12(13(15)16)8-9-17-3;1-2-3(4)5/h11-12,14H,4-10H2,1-3H3,(H,15,16);2H,1H2,(H,4,5)/t11?,12-;/m0./s1. The van der Waals surface area contributed by atoms with Gasteiger partial charge in [0.25, 0.3) is 0 Å². The SMILES string of the molecule is C=CC(=O)O.CCCCC(CC)CN[C@@H](CCSC)C(=O)O. The Balaban J connectivity index is 0. The van der Waals surface area contributed by atoms with Gasteiger partial charge in [-0.25, -0.2) is 4.79 Å². The number of aliphatic carboxylic acids is 2. The summed E-state index contributed by atoms with van der Waals surface area (Å²) >= 11 is 1.70. The van der Waals surface area contributed by atoms with Gasteiger partial charge < -0.3 is 15.5 Å².